The lowest BCUT2D eigenvalue weighted by Gasteiger charge is -2.34. The molecule has 150 valence electrons. The zero-order chi connectivity index (χ0) is 18.7. The molecule has 1 saturated heterocycles. The highest BCUT2D eigenvalue weighted by Crippen LogP contribution is 2.29. The van der Waals surface area contributed by atoms with Crippen LogP contribution >= 0.6 is 35.7 Å². The monoisotopic (exact) mass is 514 g/mol. The van der Waals surface area contributed by atoms with Crippen molar-refractivity contribution in [2.24, 2.45) is 4.99 Å². The van der Waals surface area contributed by atoms with E-state index in [9.17, 15) is 13.2 Å². The van der Waals surface area contributed by atoms with Crippen LogP contribution in [0.25, 0.3) is 5.65 Å². The van der Waals surface area contributed by atoms with Crippen LogP contribution in [-0.4, -0.2) is 56.6 Å². The summed E-state index contributed by atoms with van der Waals surface area (Å²) in [5.74, 6) is 2.17. The predicted molar refractivity (Wildman–Crippen MR) is 112 cm³/mol. The molecular formula is C16H22F3IN6S. The van der Waals surface area contributed by atoms with Crippen molar-refractivity contribution in [1.82, 2.24) is 24.8 Å². The van der Waals surface area contributed by atoms with Gasteiger partial charge in [-0.05, 0) is 18.6 Å². The summed E-state index contributed by atoms with van der Waals surface area (Å²) in [5, 5.41) is 11.7. The molecule has 0 radical (unpaired) electrons. The summed E-state index contributed by atoms with van der Waals surface area (Å²) in [5.41, 5.74) is -0.348. The van der Waals surface area contributed by atoms with E-state index < -0.39 is 11.7 Å². The van der Waals surface area contributed by atoms with Crippen molar-refractivity contribution in [3.05, 3.63) is 29.7 Å². The number of nitrogens with zero attached hydrogens (tertiary/aromatic N) is 5. The zero-order valence-corrected chi connectivity index (χ0v) is 18.2. The quantitative estimate of drug-likeness (QED) is 0.387. The lowest BCUT2D eigenvalue weighted by atomic mass is 10.3. The third-order valence-electron chi connectivity index (χ3n) is 4.31. The van der Waals surface area contributed by atoms with Crippen molar-refractivity contribution in [1.29, 1.82) is 0 Å². The predicted octanol–water partition coefficient (Wildman–Crippen LogP) is 3.27. The van der Waals surface area contributed by atoms with Crippen LogP contribution in [0.2, 0.25) is 0 Å². The normalized spacial score (nSPS) is 18.5. The SMILES string of the molecule is CCC1CN(C(=NC)NCc2nnc3ccc(C(F)(F)F)cn23)CCS1.I. The Hall–Kier alpha value is -1.24. The fourth-order valence-corrected chi connectivity index (χ4v) is 4.06. The number of hydrogen-bond acceptors (Lipinski definition) is 4. The number of pyridine rings is 1. The van der Waals surface area contributed by atoms with Crippen LogP contribution in [0.3, 0.4) is 0 Å². The Morgan fingerprint density at radius 2 is 2.15 bits per heavy atom. The zero-order valence-electron chi connectivity index (χ0n) is 15.0. The number of nitrogens with one attached hydrogen (secondary N) is 1. The smallest absolute Gasteiger partial charge is 0.349 e. The molecule has 0 aliphatic carbocycles. The first-order valence-electron chi connectivity index (χ1n) is 8.40. The molecule has 0 bridgehead atoms. The third kappa shape index (κ3) is 5.18. The first-order valence-corrected chi connectivity index (χ1v) is 9.45. The van der Waals surface area contributed by atoms with Crippen molar-refractivity contribution in [3.63, 3.8) is 0 Å². The molecule has 1 N–H and O–H groups in total. The van der Waals surface area contributed by atoms with Gasteiger partial charge in [-0.25, -0.2) is 0 Å². The molecule has 0 aromatic carbocycles. The van der Waals surface area contributed by atoms with Gasteiger partial charge in [0.15, 0.2) is 17.4 Å². The molecule has 0 spiro atoms. The van der Waals surface area contributed by atoms with E-state index >= 15 is 0 Å². The minimum atomic E-state index is -4.40. The van der Waals surface area contributed by atoms with Gasteiger partial charge in [-0.1, -0.05) is 6.92 Å². The highest BCUT2D eigenvalue weighted by atomic mass is 127. The highest BCUT2D eigenvalue weighted by molar-refractivity contribution is 14.0. The molecule has 6 nitrogen and oxygen atoms in total. The van der Waals surface area contributed by atoms with E-state index in [-0.39, 0.29) is 30.5 Å². The lowest BCUT2D eigenvalue weighted by molar-refractivity contribution is -0.137. The van der Waals surface area contributed by atoms with E-state index in [1.54, 1.807) is 7.05 Å². The van der Waals surface area contributed by atoms with E-state index in [4.69, 9.17) is 0 Å². The summed E-state index contributed by atoms with van der Waals surface area (Å²) in [6, 6.07) is 2.33. The number of rotatable bonds is 3. The van der Waals surface area contributed by atoms with Crippen LogP contribution in [0.1, 0.15) is 24.7 Å². The van der Waals surface area contributed by atoms with Crippen molar-refractivity contribution < 1.29 is 13.2 Å². The summed E-state index contributed by atoms with van der Waals surface area (Å²) >= 11 is 1.96. The molecule has 3 heterocycles. The van der Waals surface area contributed by atoms with E-state index in [1.165, 1.54) is 10.5 Å². The van der Waals surface area contributed by atoms with Crippen LogP contribution in [-0.2, 0) is 12.7 Å². The average Bonchev–Trinajstić information content (AvgIpc) is 3.04. The highest BCUT2D eigenvalue weighted by Gasteiger charge is 2.31. The van der Waals surface area contributed by atoms with Gasteiger partial charge < -0.3 is 10.2 Å². The Morgan fingerprint density at radius 3 is 2.81 bits per heavy atom. The number of hydrogen-bond donors (Lipinski definition) is 1. The topological polar surface area (TPSA) is 57.8 Å². The Kier molecular flexibility index (Phi) is 7.60. The molecule has 1 atom stereocenters. The van der Waals surface area contributed by atoms with E-state index in [0.29, 0.717) is 16.7 Å². The maximum Gasteiger partial charge on any atom is 0.417 e. The fourth-order valence-electron chi connectivity index (χ4n) is 2.88. The minimum Gasteiger partial charge on any atom is -0.349 e. The number of halogens is 4. The summed E-state index contributed by atoms with van der Waals surface area (Å²) in [7, 11) is 1.70. The Labute approximate surface area is 177 Å². The largest absolute Gasteiger partial charge is 0.417 e. The van der Waals surface area contributed by atoms with Gasteiger partial charge in [0, 0.05) is 37.3 Å². The van der Waals surface area contributed by atoms with Gasteiger partial charge in [-0.15, -0.1) is 34.2 Å². The number of thioether (sulfide) groups is 1. The molecular weight excluding hydrogens is 492 g/mol. The van der Waals surface area contributed by atoms with E-state index in [1.807, 2.05) is 11.8 Å². The maximum atomic E-state index is 12.9. The summed E-state index contributed by atoms with van der Waals surface area (Å²) in [6.07, 6.45) is -2.28. The van der Waals surface area contributed by atoms with Gasteiger partial charge in [-0.3, -0.25) is 9.39 Å². The van der Waals surface area contributed by atoms with Crippen molar-refractivity contribution >= 4 is 47.3 Å². The van der Waals surface area contributed by atoms with Crippen LogP contribution in [0.5, 0.6) is 0 Å². The van der Waals surface area contributed by atoms with Gasteiger partial charge in [0.25, 0.3) is 0 Å². The molecule has 11 heteroatoms. The van der Waals surface area contributed by atoms with Crippen molar-refractivity contribution in [2.45, 2.75) is 31.3 Å². The second-order valence-corrected chi connectivity index (χ2v) is 7.42. The van der Waals surface area contributed by atoms with E-state index in [0.717, 1.165) is 43.5 Å². The van der Waals surface area contributed by atoms with Gasteiger partial charge in [-0.2, -0.15) is 24.9 Å². The standard InChI is InChI=1S/C16H21F3N6S.HI/c1-3-12-10-24(6-7-26-12)15(20-2)21-8-14-23-22-13-5-4-11(9-25(13)14)16(17,18)19;/h4-5,9,12H,3,6-8,10H2,1-2H3,(H,20,21);1H. The van der Waals surface area contributed by atoms with Gasteiger partial charge >= 0.3 is 6.18 Å². The molecule has 2 aromatic rings. The fraction of sp³-hybridized carbons (Fsp3) is 0.562. The molecule has 0 saturated carbocycles. The molecule has 1 aliphatic heterocycles. The Bertz CT molecular complexity index is 794. The first kappa shape index (κ1) is 22.1. The summed E-state index contributed by atoms with van der Waals surface area (Å²) < 4.78 is 40.2. The molecule has 1 unspecified atom stereocenters. The first-order chi connectivity index (χ1) is 12.4. The summed E-state index contributed by atoms with van der Waals surface area (Å²) in [4.78, 5) is 6.48. The number of alkyl halides is 3. The average molecular weight is 514 g/mol. The number of fused-ring (bicyclic) bond motifs is 1. The van der Waals surface area contributed by atoms with Crippen LogP contribution in [0.15, 0.2) is 23.3 Å². The maximum absolute atomic E-state index is 12.9. The van der Waals surface area contributed by atoms with E-state index in [2.05, 4.69) is 32.3 Å². The van der Waals surface area contributed by atoms with Gasteiger partial charge in [0.1, 0.15) is 0 Å². The second kappa shape index (κ2) is 9.30. The van der Waals surface area contributed by atoms with Crippen LogP contribution in [0, 0.1) is 0 Å². The molecule has 0 amide bonds. The molecule has 3 rings (SSSR count). The Balaban J connectivity index is 0.00000261. The van der Waals surface area contributed by atoms with Crippen molar-refractivity contribution in [2.75, 3.05) is 25.9 Å². The summed E-state index contributed by atoms with van der Waals surface area (Å²) in [6.45, 7) is 4.20. The van der Waals surface area contributed by atoms with Crippen LogP contribution < -0.4 is 5.32 Å². The molecule has 1 aliphatic rings. The van der Waals surface area contributed by atoms with Gasteiger partial charge in [0.05, 0.1) is 12.1 Å². The second-order valence-electron chi connectivity index (χ2n) is 6.01. The molecule has 1 fully saturated rings. The third-order valence-corrected chi connectivity index (χ3v) is 5.68. The molecule has 2 aromatic heterocycles. The van der Waals surface area contributed by atoms with Crippen LogP contribution in [0.4, 0.5) is 13.2 Å². The minimum absolute atomic E-state index is 0. The van der Waals surface area contributed by atoms with Crippen molar-refractivity contribution in [3.8, 4) is 0 Å². The Morgan fingerprint density at radius 1 is 1.37 bits per heavy atom. The molecule has 27 heavy (non-hydrogen) atoms. The van der Waals surface area contributed by atoms with Gasteiger partial charge in [0.2, 0.25) is 0 Å². The number of aliphatic imine (C=N–C) groups is 1. The number of aromatic nitrogens is 3. The number of guanidine groups is 1. The lowest BCUT2D eigenvalue weighted by Crippen LogP contribution is -2.47.